The summed E-state index contributed by atoms with van der Waals surface area (Å²) in [5.41, 5.74) is 0. The van der Waals surface area contributed by atoms with Crippen LogP contribution < -0.4 is 10.6 Å². The van der Waals surface area contributed by atoms with E-state index in [1.165, 1.54) is 0 Å². The van der Waals surface area contributed by atoms with E-state index < -0.39 is 0 Å². The first-order valence-corrected chi connectivity index (χ1v) is 4.76. The average Bonchev–Trinajstić information content (AvgIpc) is 2.75. The molecule has 76 valence electrons. The van der Waals surface area contributed by atoms with Crippen molar-refractivity contribution in [3.63, 3.8) is 0 Å². The Hall–Kier alpha value is -1.36. The third-order valence-corrected chi connectivity index (χ3v) is 2.42. The summed E-state index contributed by atoms with van der Waals surface area (Å²) in [5.74, 6) is 0.378. The summed E-state index contributed by atoms with van der Waals surface area (Å²) in [7, 11) is 1.81. The number of amides is 1. The lowest BCUT2D eigenvalue weighted by Crippen LogP contribution is -2.37. The molecule has 0 aromatic carbocycles. The van der Waals surface area contributed by atoms with Gasteiger partial charge in [0.25, 0.3) is 5.91 Å². The molecular formula is C9H14N4O. The Morgan fingerprint density at radius 1 is 1.79 bits per heavy atom. The van der Waals surface area contributed by atoms with Crippen LogP contribution in [-0.2, 0) is 7.05 Å². The molecule has 5 nitrogen and oxygen atoms in total. The lowest BCUT2D eigenvalue weighted by Gasteiger charge is -2.10. The number of aromatic nitrogens is 2. The van der Waals surface area contributed by atoms with E-state index >= 15 is 0 Å². The van der Waals surface area contributed by atoms with Crippen LogP contribution in [0, 0.1) is 0 Å². The van der Waals surface area contributed by atoms with Gasteiger partial charge in [0.15, 0.2) is 5.82 Å². The number of carbonyl (C=O) groups is 1. The van der Waals surface area contributed by atoms with Gasteiger partial charge in [0, 0.05) is 32.0 Å². The summed E-state index contributed by atoms with van der Waals surface area (Å²) in [6, 6.07) is 0.249. The van der Waals surface area contributed by atoms with Crippen LogP contribution in [0.15, 0.2) is 12.4 Å². The summed E-state index contributed by atoms with van der Waals surface area (Å²) >= 11 is 0. The Labute approximate surface area is 82.5 Å². The minimum absolute atomic E-state index is 0.0915. The van der Waals surface area contributed by atoms with Gasteiger partial charge in [0.05, 0.1) is 0 Å². The van der Waals surface area contributed by atoms with Gasteiger partial charge >= 0.3 is 0 Å². The number of hydrogen-bond acceptors (Lipinski definition) is 3. The highest BCUT2D eigenvalue weighted by molar-refractivity contribution is 5.90. The standard InChI is InChI=1S/C9H14N4O/c1-13-5-4-11-8(13)9(14)12-7-2-3-10-6-7/h4-5,7,10H,2-3,6H2,1H3,(H,12,14)/t7-/m1/s1. The second kappa shape index (κ2) is 3.79. The third-order valence-electron chi connectivity index (χ3n) is 2.42. The Kier molecular flexibility index (Phi) is 2.49. The molecule has 1 aliphatic rings. The van der Waals surface area contributed by atoms with E-state index in [0.717, 1.165) is 19.5 Å². The molecule has 1 aromatic heterocycles. The molecule has 14 heavy (non-hydrogen) atoms. The van der Waals surface area contributed by atoms with Gasteiger partial charge in [-0.15, -0.1) is 0 Å². The second-order valence-electron chi connectivity index (χ2n) is 3.52. The molecule has 1 saturated heterocycles. The van der Waals surface area contributed by atoms with E-state index in [-0.39, 0.29) is 11.9 Å². The minimum Gasteiger partial charge on any atom is -0.345 e. The van der Waals surface area contributed by atoms with Crippen molar-refractivity contribution in [1.29, 1.82) is 0 Å². The number of nitrogens with zero attached hydrogens (tertiary/aromatic N) is 2. The lowest BCUT2D eigenvalue weighted by molar-refractivity contribution is 0.0926. The van der Waals surface area contributed by atoms with Crippen molar-refractivity contribution in [3.8, 4) is 0 Å². The highest BCUT2D eigenvalue weighted by Gasteiger charge is 2.19. The SMILES string of the molecule is Cn1ccnc1C(=O)N[C@@H]1CCNC1. The van der Waals surface area contributed by atoms with Crippen LogP contribution in [0.5, 0.6) is 0 Å². The monoisotopic (exact) mass is 194 g/mol. The maximum absolute atomic E-state index is 11.7. The molecule has 1 aromatic rings. The van der Waals surface area contributed by atoms with Crippen LogP contribution in [0.1, 0.15) is 17.0 Å². The molecule has 0 unspecified atom stereocenters. The number of hydrogen-bond donors (Lipinski definition) is 2. The maximum atomic E-state index is 11.7. The molecule has 2 N–H and O–H groups in total. The van der Waals surface area contributed by atoms with Crippen LogP contribution in [0.4, 0.5) is 0 Å². The molecule has 2 heterocycles. The van der Waals surface area contributed by atoms with Crippen molar-refractivity contribution in [1.82, 2.24) is 20.2 Å². The Balaban J connectivity index is 1.98. The summed E-state index contributed by atoms with van der Waals surface area (Å²) < 4.78 is 1.72. The van der Waals surface area contributed by atoms with Gasteiger partial charge in [0.1, 0.15) is 0 Å². The van der Waals surface area contributed by atoms with Crippen molar-refractivity contribution in [2.75, 3.05) is 13.1 Å². The van der Waals surface area contributed by atoms with E-state index in [1.54, 1.807) is 17.0 Å². The fraction of sp³-hybridized carbons (Fsp3) is 0.556. The molecule has 1 amide bonds. The largest absolute Gasteiger partial charge is 0.345 e. The quantitative estimate of drug-likeness (QED) is 0.668. The predicted molar refractivity (Wildman–Crippen MR) is 51.9 cm³/mol. The molecule has 2 rings (SSSR count). The van der Waals surface area contributed by atoms with Crippen molar-refractivity contribution < 1.29 is 4.79 Å². The van der Waals surface area contributed by atoms with Crippen LogP contribution in [0.3, 0.4) is 0 Å². The Morgan fingerprint density at radius 2 is 2.64 bits per heavy atom. The Bertz CT molecular complexity index is 327. The highest BCUT2D eigenvalue weighted by atomic mass is 16.2. The van der Waals surface area contributed by atoms with Crippen LogP contribution >= 0.6 is 0 Å². The van der Waals surface area contributed by atoms with E-state index in [4.69, 9.17) is 0 Å². The minimum atomic E-state index is -0.0915. The van der Waals surface area contributed by atoms with Gasteiger partial charge in [0.2, 0.25) is 0 Å². The van der Waals surface area contributed by atoms with Crippen molar-refractivity contribution in [2.45, 2.75) is 12.5 Å². The van der Waals surface area contributed by atoms with E-state index in [2.05, 4.69) is 15.6 Å². The smallest absolute Gasteiger partial charge is 0.287 e. The third kappa shape index (κ3) is 1.77. The second-order valence-corrected chi connectivity index (χ2v) is 3.52. The number of imidazole rings is 1. The van der Waals surface area contributed by atoms with Crippen LogP contribution in [0.2, 0.25) is 0 Å². The molecule has 1 fully saturated rings. The fourth-order valence-electron chi connectivity index (χ4n) is 1.61. The number of nitrogens with one attached hydrogen (secondary N) is 2. The van der Waals surface area contributed by atoms with Gasteiger partial charge in [-0.25, -0.2) is 4.98 Å². The summed E-state index contributed by atoms with van der Waals surface area (Å²) in [5, 5.41) is 6.13. The molecule has 1 aliphatic heterocycles. The fourth-order valence-corrected chi connectivity index (χ4v) is 1.61. The molecule has 0 radical (unpaired) electrons. The first kappa shape index (κ1) is 9.21. The molecule has 1 atom stereocenters. The molecule has 0 aliphatic carbocycles. The summed E-state index contributed by atoms with van der Waals surface area (Å²) in [4.78, 5) is 15.6. The van der Waals surface area contributed by atoms with Crippen LogP contribution in [0.25, 0.3) is 0 Å². The summed E-state index contributed by atoms with van der Waals surface area (Å²) in [6.07, 6.45) is 4.39. The predicted octanol–water partition coefficient (Wildman–Crippen LogP) is -0.488. The molecule has 0 bridgehead atoms. The Morgan fingerprint density at radius 3 is 3.21 bits per heavy atom. The zero-order valence-corrected chi connectivity index (χ0v) is 8.16. The molecule has 5 heteroatoms. The number of rotatable bonds is 2. The van der Waals surface area contributed by atoms with Crippen molar-refractivity contribution >= 4 is 5.91 Å². The molecule has 0 saturated carbocycles. The number of aryl methyl sites for hydroxylation is 1. The first-order chi connectivity index (χ1) is 6.77. The lowest BCUT2D eigenvalue weighted by atomic mass is 10.2. The van der Waals surface area contributed by atoms with Crippen molar-refractivity contribution in [3.05, 3.63) is 18.2 Å². The average molecular weight is 194 g/mol. The highest BCUT2D eigenvalue weighted by Crippen LogP contribution is 2.00. The topological polar surface area (TPSA) is 59.0 Å². The molecular weight excluding hydrogens is 180 g/mol. The van der Waals surface area contributed by atoms with Crippen molar-refractivity contribution in [2.24, 2.45) is 7.05 Å². The van der Waals surface area contributed by atoms with Crippen LogP contribution in [-0.4, -0.2) is 34.6 Å². The van der Waals surface area contributed by atoms with E-state index in [9.17, 15) is 4.79 Å². The summed E-state index contributed by atoms with van der Waals surface area (Å²) in [6.45, 7) is 1.83. The van der Waals surface area contributed by atoms with E-state index in [1.807, 2.05) is 7.05 Å². The zero-order valence-electron chi connectivity index (χ0n) is 8.16. The van der Waals surface area contributed by atoms with Gasteiger partial charge in [-0.1, -0.05) is 0 Å². The van der Waals surface area contributed by atoms with Gasteiger partial charge < -0.3 is 15.2 Å². The van der Waals surface area contributed by atoms with E-state index in [0.29, 0.717) is 5.82 Å². The number of carbonyl (C=O) groups excluding carboxylic acids is 1. The van der Waals surface area contributed by atoms with Gasteiger partial charge in [-0.05, 0) is 13.0 Å². The zero-order chi connectivity index (χ0) is 9.97. The van der Waals surface area contributed by atoms with Gasteiger partial charge in [-0.3, -0.25) is 4.79 Å². The normalized spacial score (nSPS) is 21.1. The first-order valence-electron chi connectivity index (χ1n) is 4.76. The maximum Gasteiger partial charge on any atom is 0.287 e. The molecule has 0 spiro atoms. The van der Waals surface area contributed by atoms with Gasteiger partial charge in [-0.2, -0.15) is 0 Å².